The molecule has 31 heavy (non-hydrogen) atoms. The Kier molecular flexibility index (Phi) is 5.93. The van der Waals surface area contributed by atoms with Crippen molar-refractivity contribution in [3.05, 3.63) is 71.9 Å². The molecule has 0 bridgehead atoms. The van der Waals surface area contributed by atoms with Gasteiger partial charge in [0.05, 0.1) is 11.3 Å². The Labute approximate surface area is 180 Å². The van der Waals surface area contributed by atoms with Crippen LogP contribution in [-0.4, -0.2) is 45.5 Å². The predicted octanol–water partition coefficient (Wildman–Crippen LogP) is 3.12. The zero-order valence-corrected chi connectivity index (χ0v) is 17.4. The number of carbonyl (C=O) groups is 3. The van der Waals surface area contributed by atoms with Crippen LogP contribution < -0.4 is 5.32 Å². The largest absolute Gasteiger partial charge is 0.352 e. The molecule has 1 aliphatic rings. The molecule has 1 aromatic heterocycles. The van der Waals surface area contributed by atoms with Crippen LogP contribution in [0.5, 0.6) is 0 Å². The molecule has 1 aliphatic heterocycles. The zero-order chi connectivity index (χ0) is 21.8. The first-order valence-electron chi connectivity index (χ1n) is 10.4. The quantitative estimate of drug-likeness (QED) is 0.474. The van der Waals surface area contributed by atoms with Gasteiger partial charge in [0.2, 0.25) is 11.8 Å². The molecule has 1 N–H and O–H groups in total. The minimum atomic E-state index is -0.237. The van der Waals surface area contributed by atoms with Crippen molar-refractivity contribution in [1.29, 1.82) is 0 Å². The van der Waals surface area contributed by atoms with Crippen molar-refractivity contribution in [3.63, 3.8) is 0 Å². The third-order valence-electron chi connectivity index (χ3n) is 5.38. The Morgan fingerprint density at radius 2 is 1.68 bits per heavy atom. The van der Waals surface area contributed by atoms with E-state index in [0.29, 0.717) is 30.8 Å². The number of nitrogens with one attached hydrogen (secondary N) is 1. The molecule has 2 heterocycles. The SMILES string of the molecule is Cc1ccccc1-c1nn(-c2ccccc2)cc1C(=O)NCCCN1C(=O)CCC1=O. The van der Waals surface area contributed by atoms with Crippen LogP contribution in [0.1, 0.15) is 35.2 Å². The van der Waals surface area contributed by atoms with Gasteiger partial charge < -0.3 is 5.32 Å². The van der Waals surface area contributed by atoms with Crippen molar-refractivity contribution < 1.29 is 14.4 Å². The monoisotopic (exact) mass is 416 g/mol. The lowest BCUT2D eigenvalue weighted by Gasteiger charge is -2.13. The van der Waals surface area contributed by atoms with E-state index in [1.54, 1.807) is 10.9 Å². The number of rotatable bonds is 7. The van der Waals surface area contributed by atoms with E-state index < -0.39 is 0 Å². The summed E-state index contributed by atoms with van der Waals surface area (Å²) in [6, 6.07) is 17.5. The lowest BCUT2D eigenvalue weighted by Crippen LogP contribution is -2.33. The number of hydrogen-bond donors (Lipinski definition) is 1. The number of hydrogen-bond acceptors (Lipinski definition) is 4. The summed E-state index contributed by atoms with van der Waals surface area (Å²) in [5.41, 5.74) is 3.88. The Balaban J connectivity index is 1.52. The van der Waals surface area contributed by atoms with Gasteiger partial charge in [-0.2, -0.15) is 5.10 Å². The highest BCUT2D eigenvalue weighted by molar-refractivity contribution is 6.02. The average molecular weight is 416 g/mol. The summed E-state index contributed by atoms with van der Waals surface area (Å²) < 4.78 is 1.71. The molecule has 0 unspecified atom stereocenters. The molecule has 1 fully saturated rings. The van der Waals surface area contributed by atoms with Gasteiger partial charge in [0.25, 0.3) is 5.91 Å². The second-order valence-electron chi connectivity index (χ2n) is 7.53. The van der Waals surface area contributed by atoms with Crippen molar-refractivity contribution in [2.75, 3.05) is 13.1 Å². The summed E-state index contributed by atoms with van der Waals surface area (Å²) in [4.78, 5) is 37.7. The first kappa shape index (κ1) is 20.5. The van der Waals surface area contributed by atoms with Gasteiger partial charge in [-0.3, -0.25) is 19.3 Å². The van der Waals surface area contributed by atoms with Gasteiger partial charge in [0.15, 0.2) is 0 Å². The summed E-state index contributed by atoms with van der Waals surface area (Å²) >= 11 is 0. The molecular weight excluding hydrogens is 392 g/mol. The van der Waals surface area contributed by atoms with Gasteiger partial charge in [-0.25, -0.2) is 4.68 Å². The number of benzene rings is 2. The smallest absolute Gasteiger partial charge is 0.255 e. The number of likely N-dealkylation sites (tertiary alicyclic amines) is 1. The predicted molar refractivity (Wildman–Crippen MR) is 117 cm³/mol. The third kappa shape index (κ3) is 4.40. The normalized spacial score (nSPS) is 13.6. The Morgan fingerprint density at radius 3 is 2.39 bits per heavy atom. The maximum Gasteiger partial charge on any atom is 0.255 e. The summed E-state index contributed by atoms with van der Waals surface area (Å²) in [7, 11) is 0. The number of para-hydroxylation sites is 1. The Hall–Kier alpha value is -3.74. The fourth-order valence-corrected chi connectivity index (χ4v) is 3.70. The van der Waals surface area contributed by atoms with E-state index in [1.165, 1.54) is 4.90 Å². The van der Waals surface area contributed by atoms with Gasteiger partial charge >= 0.3 is 0 Å². The number of aryl methyl sites for hydroxylation is 1. The van der Waals surface area contributed by atoms with Crippen molar-refractivity contribution in [2.45, 2.75) is 26.2 Å². The lowest BCUT2D eigenvalue weighted by molar-refractivity contribution is -0.138. The summed E-state index contributed by atoms with van der Waals surface area (Å²) in [5.74, 6) is -0.510. The maximum atomic E-state index is 13.0. The molecule has 0 aliphatic carbocycles. The molecule has 7 nitrogen and oxygen atoms in total. The van der Waals surface area contributed by atoms with Gasteiger partial charge in [0, 0.05) is 37.7 Å². The summed E-state index contributed by atoms with van der Waals surface area (Å²) in [6.45, 7) is 2.67. The number of amides is 3. The van der Waals surface area contributed by atoms with Crippen molar-refractivity contribution >= 4 is 17.7 Å². The molecule has 4 rings (SSSR count). The maximum absolute atomic E-state index is 13.0. The Bertz CT molecular complexity index is 1100. The number of nitrogens with zero attached hydrogens (tertiary/aromatic N) is 3. The van der Waals surface area contributed by atoms with Crippen LogP contribution >= 0.6 is 0 Å². The van der Waals surface area contributed by atoms with Crippen molar-refractivity contribution in [2.24, 2.45) is 0 Å². The molecule has 3 amide bonds. The molecule has 7 heteroatoms. The van der Waals surface area contributed by atoms with Crippen LogP contribution in [-0.2, 0) is 9.59 Å². The van der Waals surface area contributed by atoms with Gasteiger partial charge in [0.1, 0.15) is 5.69 Å². The van der Waals surface area contributed by atoms with Crippen LogP contribution in [0.2, 0.25) is 0 Å². The summed E-state index contributed by atoms with van der Waals surface area (Å²) in [5, 5.41) is 7.61. The Morgan fingerprint density at radius 1 is 1.00 bits per heavy atom. The van der Waals surface area contributed by atoms with Crippen LogP contribution in [0.4, 0.5) is 0 Å². The highest BCUT2D eigenvalue weighted by atomic mass is 16.2. The summed E-state index contributed by atoms with van der Waals surface area (Å²) in [6.07, 6.45) is 2.81. The highest BCUT2D eigenvalue weighted by Crippen LogP contribution is 2.26. The van der Waals surface area contributed by atoms with E-state index in [4.69, 9.17) is 5.10 Å². The fraction of sp³-hybridized carbons (Fsp3) is 0.250. The first-order chi connectivity index (χ1) is 15.0. The van der Waals surface area contributed by atoms with E-state index in [9.17, 15) is 14.4 Å². The topological polar surface area (TPSA) is 84.3 Å². The van der Waals surface area contributed by atoms with Crippen LogP contribution in [0, 0.1) is 6.92 Å². The molecule has 3 aromatic rings. The standard InChI is InChI=1S/C24H24N4O3/c1-17-8-5-6-11-19(17)23-20(16-28(26-23)18-9-3-2-4-10-18)24(31)25-14-7-15-27-21(29)12-13-22(27)30/h2-6,8-11,16H,7,12-15H2,1H3,(H,25,31). The molecule has 2 aromatic carbocycles. The van der Waals surface area contributed by atoms with Crippen molar-refractivity contribution in [3.8, 4) is 16.9 Å². The van der Waals surface area contributed by atoms with E-state index in [1.807, 2.05) is 61.5 Å². The zero-order valence-electron chi connectivity index (χ0n) is 17.4. The lowest BCUT2D eigenvalue weighted by atomic mass is 10.0. The molecule has 0 atom stereocenters. The van der Waals surface area contributed by atoms with E-state index in [2.05, 4.69) is 5.32 Å². The van der Waals surface area contributed by atoms with Crippen LogP contribution in [0.3, 0.4) is 0 Å². The van der Waals surface area contributed by atoms with E-state index in [-0.39, 0.29) is 30.6 Å². The third-order valence-corrected chi connectivity index (χ3v) is 5.38. The number of carbonyl (C=O) groups excluding carboxylic acids is 3. The van der Waals surface area contributed by atoms with Crippen LogP contribution in [0.15, 0.2) is 60.8 Å². The first-order valence-corrected chi connectivity index (χ1v) is 10.4. The minimum absolute atomic E-state index is 0.137. The number of imide groups is 1. The molecule has 0 spiro atoms. The van der Waals surface area contributed by atoms with Gasteiger partial charge in [-0.1, -0.05) is 42.5 Å². The molecule has 1 saturated heterocycles. The van der Waals surface area contributed by atoms with E-state index >= 15 is 0 Å². The molecule has 158 valence electrons. The van der Waals surface area contributed by atoms with Crippen molar-refractivity contribution in [1.82, 2.24) is 20.0 Å². The van der Waals surface area contributed by atoms with Gasteiger partial charge in [-0.15, -0.1) is 0 Å². The molecular formula is C24H24N4O3. The molecule has 0 saturated carbocycles. The minimum Gasteiger partial charge on any atom is -0.352 e. The van der Waals surface area contributed by atoms with Crippen LogP contribution in [0.25, 0.3) is 16.9 Å². The second-order valence-corrected chi connectivity index (χ2v) is 7.53. The number of aromatic nitrogens is 2. The molecule has 0 radical (unpaired) electrons. The average Bonchev–Trinajstić information content (AvgIpc) is 3.36. The van der Waals surface area contributed by atoms with E-state index in [0.717, 1.165) is 16.8 Å². The second kappa shape index (κ2) is 8.95. The van der Waals surface area contributed by atoms with Gasteiger partial charge in [-0.05, 0) is 31.0 Å². The fourth-order valence-electron chi connectivity index (χ4n) is 3.70. The highest BCUT2D eigenvalue weighted by Gasteiger charge is 2.28.